The van der Waals surface area contributed by atoms with Gasteiger partial charge in [0.1, 0.15) is 0 Å². The van der Waals surface area contributed by atoms with E-state index in [1.165, 1.54) is 5.56 Å². The maximum Gasteiger partial charge on any atom is 0.307 e. The van der Waals surface area contributed by atoms with Crippen LogP contribution in [0.5, 0.6) is 0 Å². The molecule has 0 amide bonds. The van der Waals surface area contributed by atoms with Crippen molar-refractivity contribution in [1.29, 1.82) is 0 Å². The summed E-state index contributed by atoms with van der Waals surface area (Å²) in [6.07, 6.45) is 1.77. The third kappa shape index (κ3) is 2.93. The number of rotatable bonds is 4. The highest BCUT2D eigenvalue weighted by Crippen LogP contribution is 2.30. The lowest BCUT2D eigenvalue weighted by atomic mass is 10.0. The first kappa shape index (κ1) is 13.6. The molecule has 2 atom stereocenters. The third-order valence-electron chi connectivity index (χ3n) is 3.65. The van der Waals surface area contributed by atoms with Crippen LogP contribution in [0.25, 0.3) is 0 Å². The van der Waals surface area contributed by atoms with Crippen LogP contribution in [0.1, 0.15) is 31.4 Å². The highest BCUT2D eigenvalue weighted by Gasteiger charge is 2.31. The first-order chi connectivity index (χ1) is 8.61. The van der Waals surface area contributed by atoms with Crippen molar-refractivity contribution in [3.8, 4) is 0 Å². The summed E-state index contributed by atoms with van der Waals surface area (Å²) in [5, 5.41) is 9.06. The standard InChI is InChI=1S/C14H18BrNO2/c1-2-13(10-3-5-12(15)6-4-10)16-8-7-11(9-16)14(17)18/h3-6,11,13H,2,7-9H2,1H3,(H,17,18)/t11-,13-/m1/s1. The quantitative estimate of drug-likeness (QED) is 0.927. The second kappa shape index (κ2) is 5.85. The fourth-order valence-corrected chi connectivity index (χ4v) is 2.93. The van der Waals surface area contributed by atoms with Crippen molar-refractivity contribution in [3.63, 3.8) is 0 Å². The van der Waals surface area contributed by atoms with Gasteiger partial charge in [-0.1, -0.05) is 35.0 Å². The van der Waals surface area contributed by atoms with E-state index in [0.717, 1.165) is 23.9 Å². The van der Waals surface area contributed by atoms with Gasteiger partial charge in [-0.15, -0.1) is 0 Å². The summed E-state index contributed by atoms with van der Waals surface area (Å²) >= 11 is 3.44. The summed E-state index contributed by atoms with van der Waals surface area (Å²) in [4.78, 5) is 13.3. The zero-order valence-corrected chi connectivity index (χ0v) is 12.1. The van der Waals surface area contributed by atoms with Crippen LogP contribution in [0.4, 0.5) is 0 Å². The lowest BCUT2D eigenvalue weighted by Crippen LogP contribution is -2.27. The van der Waals surface area contributed by atoms with Gasteiger partial charge in [0.25, 0.3) is 0 Å². The lowest BCUT2D eigenvalue weighted by Gasteiger charge is -2.27. The average molecular weight is 312 g/mol. The van der Waals surface area contributed by atoms with Crippen LogP contribution in [0.3, 0.4) is 0 Å². The third-order valence-corrected chi connectivity index (χ3v) is 4.18. The Morgan fingerprint density at radius 2 is 2.17 bits per heavy atom. The van der Waals surface area contributed by atoms with Gasteiger partial charge >= 0.3 is 5.97 Å². The summed E-state index contributed by atoms with van der Waals surface area (Å²) in [5.41, 5.74) is 1.27. The van der Waals surface area contributed by atoms with Crippen LogP contribution in [-0.4, -0.2) is 29.1 Å². The van der Waals surface area contributed by atoms with Crippen LogP contribution < -0.4 is 0 Å². The molecule has 4 heteroatoms. The van der Waals surface area contributed by atoms with Crippen LogP contribution in [0.15, 0.2) is 28.7 Å². The fourth-order valence-electron chi connectivity index (χ4n) is 2.66. The van der Waals surface area contributed by atoms with Crippen molar-refractivity contribution in [2.45, 2.75) is 25.8 Å². The maximum atomic E-state index is 11.0. The van der Waals surface area contributed by atoms with E-state index in [1.807, 2.05) is 12.1 Å². The summed E-state index contributed by atoms with van der Waals surface area (Å²) < 4.78 is 1.07. The molecule has 1 saturated heterocycles. The van der Waals surface area contributed by atoms with Gasteiger partial charge < -0.3 is 5.11 Å². The van der Waals surface area contributed by atoms with Gasteiger partial charge in [0.05, 0.1) is 5.92 Å². The predicted molar refractivity (Wildman–Crippen MR) is 74.5 cm³/mol. The minimum absolute atomic E-state index is 0.200. The van der Waals surface area contributed by atoms with Gasteiger partial charge in [0, 0.05) is 17.1 Å². The molecule has 0 saturated carbocycles. The molecule has 0 unspecified atom stereocenters. The van der Waals surface area contributed by atoms with E-state index in [4.69, 9.17) is 5.11 Å². The van der Waals surface area contributed by atoms with Gasteiger partial charge in [-0.25, -0.2) is 0 Å². The number of hydrogen-bond donors (Lipinski definition) is 1. The molecule has 98 valence electrons. The SMILES string of the molecule is CC[C@H](c1ccc(Br)cc1)N1CC[C@@H](C(=O)O)C1. The molecule has 0 bridgehead atoms. The summed E-state index contributed by atoms with van der Waals surface area (Å²) in [5.74, 6) is -0.863. The molecule has 0 radical (unpaired) electrons. The topological polar surface area (TPSA) is 40.5 Å². The maximum absolute atomic E-state index is 11.0. The molecule has 1 N–H and O–H groups in total. The van der Waals surface area contributed by atoms with E-state index in [1.54, 1.807) is 0 Å². The summed E-state index contributed by atoms with van der Waals surface area (Å²) in [7, 11) is 0. The van der Waals surface area contributed by atoms with Gasteiger partial charge in [-0.3, -0.25) is 9.69 Å². The molecule has 1 aromatic rings. The fraction of sp³-hybridized carbons (Fsp3) is 0.500. The number of benzene rings is 1. The lowest BCUT2D eigenvalue weighted by molar-refractivity contribution is -0.141. The molecule has 1 aromatic carbocycles. The first-order valence-corrected chi connectivity index (χ1v) is 7.13. The van der Waals surface area contributed by atoms with Crippen LogP contribution in [0.2, 0.25) is 0 Å². The smallest absolute Gasteiger partial charge is 0.307 e. The molecule has 1 heterocycles. The normalized spacial score (nSPS) is 22.0. The Labute approximate surface area is 116 Å². The summed E-state index contributed by atoms with van der Waals surface area (Å²) in [6.45, 7) is 3.70. The molecule has 1 aliphatic heterocycles. The number of hydrogen-bond acceptors (Lipinski definition) is 2. The number of carbonyl (C=O) groups is 1. The van der Waals surface area contributed by atoms with Crippen molar-refractivity contribution in [2.24, 2.45) is 5.92 Å². The molecular weight excluding hydrogens is 294 g/mol. The zero-order chi connectivity index (χ0) is 13.1. The number of nitrogens with zero attached hydrogens (tertiary/aromatic N) is 1. The van der Waals surface area contributed by atoms with E-state index < -0.39 is 5.97 Å². The Kier molecular flexibility index (Phi) is 4.40. The minimum Gasteiger partial charge on any atom is -0.481 e. The van der Waals surface area contributed by atoms with Gasteiger partial charge in [0.15, 0.2) is 0 Å². The molecule has 1 aliphatic rings. The van der Waals surface area contributed by atoms with Crippen molar-refractivity contribution in [3.05, 3.63) is 34.3 Å². The highest BCUT2D eigenvalue weighted by atomic mass is 79.9. The largest absolute Gasteiger partial charge is 0.481 e. The van der Waals surface area contributed by atoms with E-state index in [9.17, 15) is 4.79 Å². The second-order valence-electron chi connectivity index (χ2n) is 4.79. The molecule has 0 spiro atoms. The van der Waals surface area contributed by atoms with E-state index in [0.29, 0.717) is 12.6 Å². The first-order valence-electron chi connectivity index (χ1n) is 6.34. The second-order valence-corrected chi connectivity index (χ2v) is 5.71. The van der Waals surface area contributed by atoms with E-state index >= 15 is 0 Å². The highest BCUT2D eigenvalue weighted by molar-refractivity contribution is 9.10. The molecule has 18 heavy (non-hydrogen) atoms. The van der Waals surface area contributed by atoms with Crippen LogP contribution in [0, 0.1) is 5.92 Å². The van der Waals surface area contributed by atoms with Crippen LogP contribution >= 0.6 is 15.9 Å². The number of halogens is 1. The predicted octanol–water partition coefficient (Wildman–Crippen LogP) is 3.31. The summed E-state index contributed by atoms with van der Waals surface area (Å²) in [6, 6.07) is 8.66. The van der Waals surface area contributed by atoms with E-state index in [-0.39, 0.29) is 5.92 Å². The van der Waals surface area contributed by atoms with Gasteiger partial charge in [0.2, 0.25) is 0 Å². The Hall–Kier alpha value is -0.870. The average Bonchev–Trinajstić information content (AvgIpc) is 2.82. The molecular formula is C14H18BrNO2. The molecule has 3 nitrogen and oxygen atoms in total. The molecule has 1 fully saturated rings. The molecule has 2 rings (SSSR count). The van der Waals surface area contributed by atoms with Gasteiger partial charge in [-0.05, 0) is 37.1 Å². The Morgan fingerprint density at radius 3 is 2.67 bits per heavy atom. The van der Waals surface area contributed by atoms with E-state index in [2.05, 4.69) is 39.9 Å². The minimum atomic E-state index is -0.664. The van der Waals surface area contributed by atoms with Crippen molar-refractivity contribution < 1.29 is 9.90 Å². The van der Waals surface area contributed by atoms with Crippen molar-refractivity contribution in [1.82, 2.24) is 4.90 Å². The number of aliphatic carboxylic acids is 1. The Balaban J connectivity index is 2.10. The molecule has 0 aliphatic carbocycles. The number of carboxylic acid groups (broad SMARTS) is 1. The number of likely N-dealkylation sites (tertiary alicyclic amines) is 1. The number of carboxylic acids is 1. The monoisotopic (exact) mass is 311 g/mol. The molecule has 0 aromatic heterocycles. The van der Waals surface area contributed by atoms with Gasteiger partial charge in [-0.2, -0.15) is 0 Å². The Morgan fingerprint density at radius 1 is 1.50 bits per heavy atom. The van der Waals surface area contributed by atoms with Crippen molar-refractivity contribution in [2.75, 3.05) is 13.1 Å². The van der Waals surface area contributed by atoms with Crippen molar-refractivity contribution >= 4 is 21.9 Å². The van der Waals surface area contributed by atoms with Crippen LogP contribution in [-0.2, 0) is 4.79 Å². The zero-order valence-electron chi connectivity index (χ0n) is 10.5. The Bertz CT molecular complexity index is 418.